The number of aliphatic hydroxyl groups excluding tert-OH is 1. The fourth-order valence-corrected chi connectivity index (χ4v) is 1.93. The van der Waals surface area contributed by atoms with Gasteiger partial charge in [-0.25, -0.2) is 4.39 Å². The van der Waals surface area contributed by atoms with Crippen molar-refractivity contribution in [1.82, 2.24) is 0 Å². The molecule has 0 bridgehead atoms. The highest BCUT2D eigenvalue weighted by molar-refractivity contribution is 6.39. The molecule has 1 aromatic rings. The molecule has 0 fully saturated rings. The Kier molecular flexibility index (Phi) is 5.86. The normalized spacial score (nSPS) is 13.4. The van der Waals surface area contributed by atoms with Crippen LogP contribution in [0.1, 0.15) is 20.8 Å². The lowest BCUT2D eigenvalue weighted by atomic mass is 10.2. The summed E-state index contributed by atoms with van der Waals surface area (Å²) in [6.45, 7) is 6.11. The monoisotopic (exact) mass is 309 g/mol. The van der Waals surface area contributed by atoms with Gasteiger partial charge in [0.1, 0.15) is 5.82 Å². The van der Waals surface area contributed by atoms with Crippen molar-refractivity contribution in [3.05, 3.63) is 28.0 Å². The highest BCUT2D eigenvalue weighted by atomic mass is 35.5. The minimum Gasteiger partial charge on any atom is -0.389 e. The molecule has 6 heteroatoms. The lowest BCUT2D eigenvalue weighted by molar-refractivity contribution is -0.0449. The van der Waals surface area contributed by atoms with Crippen molar-refractivity contribution in [2.45, 2.75) is 32.5 Å². The third kappa shape index (κ3) is 5.95. The Morgan fingerprint density at radius 1 is 1.32 bits per heavy atom. The molecule has 1 aromatic carbocycles. The Morgan fingerprint density at radius 3 is 2.32 bits per heavy atom. The second-order valence-corrected chi connectivity index (χ2v) is 6.02. The number of halogens is 3. The van der Waals surface area contributed by atoms with E-state index in [-0.39, 0.29) is 28.8 Å². The largest absolute Gasteiger partial charge is 0.389 e. The van der Waals surface area contributed by atoms with Gasteiger partial charge >= 0.3 is 0 Å². The van der Waals surface area contributed by atoms with Crippen molar-refractivity contribution in [3.8, 4) is 0 Å². The molecule has 0 aliphatic rings. The van der Waals surface area contributed by atoms with E-state index in [1.54, 1.807) is 0 Å². The van der Waals surface area contributed by atoms with Crippen LogP contribution in [0.15, 0.2) is 12.1 Å². The minimum atomic E-state index is -0.712. The molecule has 3 nitrogen and oxygen atoms in total. The number of anilines is 1. The predicted octanol–water partition coefficient (Wildman–Crippen LogP) is 3.72. The van der Waals surface area contributed by atoms with Gasteiger partial charge in [-0.2, -0.15) is 0 Å². The number of hydrogen-bond acceptors (Lipinski definition) is 3. The van der Waals surface area contributed by atoms with Gasteiger partial charge in [-0.05, 0) is 32.9 Å². The SMILES string of the molecule is CC(C)(C)OCC(O)CNc1c(Cl)cc(F)cc1Cl. The van der Waals surface area contributed by atoms with Gasteiger partial charge in [0.05, 0.1) is 34.0 Å². The number of rotatable bonds is 5. The molecule has 1 atom stereocenters. The van der Waals surface area contributed by atoms with Gasteiger partial charge in [0.15, 0.2) is 0 Å². The molecule has 0 saturated carbocycles. The molecule has 0 aliphatic heterocycles. The molecular weight excluding hydrogens is 292 g/mol. The summed E-state index contributed by atoms with van der Waals surface area (Å²) in [6.07, 6.45) is -0.712. The van der Waals surface area contributed by atoms with E-state index in [0.29, 0.717) is 5.69 Å². The van der Waals surface area contributed by atoms with Crippen LogP contribution in [0.2, 0.25) is 10.0 Å². The van der Waals surface area contributed by atoms with Crippen molar-refractivity contribution >= 4 is 28.9 Å². The zero-order chi connectivity index (χ0) is 14.6. The maximum atomic E-state index is 13.0. The summed E-state index contributed by atoms with van der Waals surface area (Å²) in [6, 6.07) is 2.32. The molecule has 0 aromatic heterocycles. The zero-order valence-electron chi connectivity index (χ0n) is 11.1. The van der Waals surface area contributed by atoms with E-state index in [0.717, 1.165) is 12.1 Å². The molecule has 2 N–H and O–H groups in total. The molecule has 0 aliphatic carbocycles. The van der Waals surface area contributed by atoms with Crippen LogP contribution in [-0.2, 0) is 4.74 Å². The third-order valence-electron chi connectivity index (χ3n) is 2.23. The topological polar surface area (TPSA) is 41.5 Å². The van der Waals surface area contributed by atoms with E-state index < -0.39 is 11.9 Å². The zero-order valence-corrected chi connectivity index (χ0v) is 12.6. The smallest absolute Gasteiger partial charge is 0.126 e. The Hall–Kier alpha value is -0.550. The van der Waals surface area contributed by atoms with Crippen LogP contribution in [0, 0.1) is 5.82 Å². The molecule has 0 heterocycles. The molecule has 1 rings (SSSR count). The fraction of sp³-hybridized carbons (Fsp3) is 0.538. The number of benzene rings is 1. The molecule has 0 saturated heterocycles. The van der Waals surface area contributed by atoms with Crippen molar-refractivity contribution < 1.29 is 14.2 Å². The second-order valence-electron chi connectivity index (χ2n) is 5.20. The van der Waals surface area contributed by atoms with Gasteiger partial charge in [0.25, 0.3) is 0 Å². The fourth-order valence-electron chi connectivity index (χ4n) is 1.34. The average molecular weight is 310 g/mol. The maximum Gasteiger partial charge on any atom is 0.126 e. The first kappa shape index (κ1) is 16.5. The van der Waals surface area contributed by atoms with E-state index in [1.807, 2.05) is 20.8 Å². The molecule has 0 spiro atoms. The van der Waals surface area contributed by atoms with E-state index in [1.165, 1.54) is 0 Å². The molecular formula is C13H18Cl2FNO2. The van der Waals surface area contributed by atoms with Crippen LogP contribution in [-0.4, -0.2) is 30.0 Å². The lowest BCUT2D eigenvalue weighted by Gasteiger charge is -2.22. The lowest BCUT2D eigenvalue weighted by Crippen LogP contribution is -2.30. The quantitative estimate of drug-likeness (QED) is 0.871. The van der Waals surface area contributed by atoms with Gasteiger partial charge in [-0.15, -0.1) is 0 Å². The molecule has 1 unspecified atom stereocenters. The van der Waals surface area contributed by atoms with Crippen LogP contribution in [0.25, 0.3) is 0 Å². The standard InChI is InChI=1S/C13H18Cl2FNO2/c1-13(2,3)19-7-9(18)6-17-12-10(14)4-8(16)5-11(12)15/h4-5,9,17-18H,6-7H2,1-3H3. The summed E-state index contributed by atoms with van der Waals surface area (Å²) in [5.74, 6) is -0.503. The highest BCUT2D eigenvalue weighted by Crippen LogP contribution is 2.31. The summed E-state index contributed by atoms with van der Waals surface area (Å²) < 4.78 is 18.4. The van der Waals surface area contributed by atoms with E-state index in [9.17, 15) is 9.50 Å². The first-order valence-corrected chi connectivity index (χ1v) is 6.65. The summed E-state index contributed by atoms with van der Waals surface area (Å²) in [5, 5.41) is 13.0. The minimum absolute atomic E-state index is 0.175. The third-order valence-corrected chi connectivity index (χ3v) is 2.83. The predicted molar refractivity (Wildman–Crippen MR) is 76.6 cm³/mol. The summed E-state index contributed by atoms with van der Waals surface area (Å²) in [4.78, 5) is 0. The van der Waals surface area contributed by atoms with Crippen LogP contribution in [0.5, 0.6) is 0 Å². The Bertz CT molecular complexity index is 412. The van der Waals surface area contributed by atoms with Crippen LogP contribution in [0.4, 0.5) is 10.1 Å². The van der Waals surface area contributed by atoms with Gasteiger partial charge in [-0.3, -0.25) is 0 Å². The van der Waals surface area contributed by atoms with E-state index in [4.69, 9.17) is 27.9 Å². The average Bonchev–Trinajstić information content (AvgIpc) is 2.23. The van der Waals surface area contributed by atoms with Crippen molar-refractivity contribution in [1.29, 1.82) is 0 Å². The summed E-state index contributed by atoms with van der Waals surface area (Å²) in [7, 11) is 0. The van der Waals surface area contributed by atoms with E-state index in [2.05, 4.69) is 5.32 Å². The van der Waals surface area contributed by atoms with Gasteiger partial charge in [-0.1, -0.05) is 23.2 Å². The number of aliphatic hydroxyl groups is 1. The van der Waals surface area contributed by atoms with Gasteiger partial charge in [0, 0.05) is 6.54 Å². The Balaban J connectivity index is 2.53. The van der Waals surface area contributed by atoms with Crippen LogP contribution < -0.4 is 5.32 Å². The number of hydrogen-bond donors (Lipinski definition) is 2. The summed E-state index contributed by atoms with van der Waals surface area (Å²) in [5.41, 5.74) is 0.0890. The van der Waals surface area contributed by atoms with Gasteiger partial charge < -0.3 is 15.2 Å². The number of nitrogens with one attached hydrogen (secondary N) is 1. The molecule has 19 heavy (non-hydrogen) atoms. The van der Waals surface area contributed by atoms with Crippen molar-refractivity contribution in [2.75, 3.05) is 18.5 Å². The van der Waals surface area contributed by atoms with Crippen LogP contribution >= 0.6 is 23.2 Å². The van der Waals surface area contributed by atoms with E-state index >= 15 is 0 Å². The molecule has 0 amide bonds. The number of ether oxygens (including phenoxy) is 1. The molecule has 0 radical (unpaired) electrons. The Labute approximate surface area is 122 Å². The molecule has 108 valence electrons. The maximum absolute atomic E-state index is 13.0. The van der Waals surface area contributed by atoms with Crippen molar-refractivity contribution in [3.63, 3.8) is 0 Å². The highest BCUT2D eigenvalue weighted by Gasteiger charge is 2.15. The second kappa shape index (κ2) is 6.75. The Morgan fingerprint density at radius 2 is 1.84 bits per heavy atom. The summed E-state index contributed by atoms with van der Waals surface area (Å²) >= 11 is 11.7. The first-order chi connectivity index (χ1) is 8.69. The van der Waals surface area contributed by atoms with Crippen molar-refractivity contribution in [2.24, 2.45) is 0 Å². The van der Waals surface area contributed by atoms with Gasteiger partial charge in [0.2, 0.25) is 0 Å². The van der Waals surface area contributed by atoms with Crippen LogP contribution in [0.3, 0.4) is 0 Å². The first-order valence-electron chi connectivity index (χ1n) is 5.89.